The summed E-state index contributed by atoms with van der Waals surface area (Å²) in [5.74, 6) is -1.84. The van der Waals surface area contributed by atoms with Gasteiger partial charge in [-0.15, -0.1) is 0 Å². The van der Waals surface area contributed by atoms with Crippen molar-refractivity contribution >= 4 is 17.4 Å². The molecule has 5 nitrogen and oxygen atoms in total. The molecule has 3 rings (SSSR count). The zero-order chi connectivity index (χ0) is 13.6. The van der Waals surface area contributed by atoms with Crippen molar-refractivity contribution in [1.82, 2.24) is 10.2 Å². The van der Waals surface area contributed by atoms with E-state index in [9.17, 15) is 13.6 Å². The fourth-order valence-electron chi connectivity index (χ4n) is 2.68. The summed E-state index contributed by atoms with van der Waals surface area (Å²) in [6.07, 6.45) is 0. The third kappa shape index (κ3) is 1.85. The molecule has 0 saturated carbocycles. The number of hydrogen-bond acceptors (Lipinski definition) is 3. The highest BCUT2D eigenvalue weighted by molar-refractivity contribution is 5.78. The topological polar surface area (TPSA) is 61.6 Å². The van der Waals surface area contributed by atoms with Crippen LogP contribution in [0.3, 0.4) is 0 Å². The Bertz CT molecular complexity index is 537. The molecule has 19 heavy (non-hydrogen) atoms. The van der Waals surface area contributed by atoms with Crippen LogP contribution in [0.4, 0.5) is 25.0 Å². The van der Waals surface area contributed by atoms with E-state index in [1.807, 2.05) is 0 Å². The van der Waals surface area contributed by atoms with Crippen LogP contribution in [0.15, 0.2) is 12.1 Å². The minimum absolute atomic E-state index is 0.0247. The predicted octanol–water partition coefficient (Wildman–Crippen LogP) is 0.761. The number of anilines is 2. The second-order valence-corrected chi connectivity index (χ2v) is 4.78. The van der Waals surface area contributed by atoms with E-state index < -0.39 is 11.6 Å². The van der Waals surface area contributed by atoms with Gasteiger partial charge >= 0.3 is 6.03 Å². The maximum atomic E-state index is 13.9. The van der Waals surface area contributed by atoms with Gasteiger partial charge in [-0.25, -0.2) is 13.6 Å². The minimum atomic E-state index is -0.925. The Labute approximate surface area is 109 Å². The molecular formula is C12H14F2N4O. The summed E-state index contributed by atoms with van der Waals surface area (Å²) in [5.41, 5.74) is 6.05. The van der Waals surface area contributed by atoms with Gasteiger partial charge in [0.15, 0.2) is 11.6 Å². The van der Waals surface area contributed by atoms with Crippen LogP contribution in [0.1, 0.15) is 0 Å². The normalized spacial score (nSPS) is 22.4. The van der Waals surface area contributed by atoms with Gasteiger partial charge in [0.1, 0.15) is 0 Å². The number of hydrogen-bond donors (Lipinski definition) is 2. The fraction of sp³-hybridized carbons (Fsp3) is 0.417. The lowest BCUT2D eigenvalue weighted by Crippen LogP contribution is -2.52. The molecule has 0 aromatic heterocycles. The summed E-state index contributed by atoms with van der Waals surface area (Å²) >= 11 is 0. The minimum Gasteiger partial charge on any atom is -0.397 e. The van der Waals surface area contributed by atoms with Crippen molar-refractivity contribution in [2.45, 2.75) is 6.04 Å². The van der Waals surface area contributed by atoms with Crippen molar-refractivity contribution < 1.29 is 13.6 Å². The molecule has 0 aliphatic carbocycles. The van der Waals surface area contributed by atoms with Crippen molar-refractivity contribution in [2.24, 2.45) is 0 Å². The highest BCUT2D eigenvalue weighted by Gasteiger charge is 2.36. The van der Waals surface area contributed by atoms with Crippen LogP contribution in [0.5, 0.6) is 0 Å². The number of benzene rings is 1. The smallest absolute Gasteiger partial charge is 0.317 e. The molecule has 2 heterocycles. The quantitative estimate of drug-likeness (QED) is 0.739. The number of nitrogens with two attached hydrogens (primary N) is 1. The lowest BCUT2D eigenvalue weighted by atomic mass is 10.1. The molecule has 0 spiro atoms. The number of piperazine rings is 1. The first-order valence-corrected chi connectivity index (χ1v) is 6.11. The summed E-state index contributed by atoms with van der Waals surface area (Å²) in [6, 6.07) is 2.25. The average molecular weight is 268 g/mol. The zero-order valence-electron chi connectivity index (χ0n) is 10.2. The molecule has 102 valence electrons. The Morgan fingerprint density at radius 1 is 1.32 bits per heavy atom. The predicted molar refractivity (Wildman–Crippen MR) is 66.9 cm³/mol. The van der Waals surface area contributed by atoms with Crippen LogP contribution >= 0.6 is 0 Å². The van der Waals surface area contributed by atoms with E-state index in [4.69, 9.17) is 5.73 Å². The molecule has 3 N–H and O–H groups in total. The van der Waals surface area contributed by atoms with Crippen molar-refractivity contribution in [3.63, 3.8) is 0 Å². The molecule has 2 aliphatic rings. The summed E-state index contributed by atoms with van der Waals surface area (Å²) in [4.78, 5) is 14.9. The lowest BCUT2D eigenvalue weighted by Gasteiger charge is -2.38. The van der Waals surface area contributed by atoms with Gasteiger partial charge in [0.25, 0.3) is 0 Å². The first-order chi connectivity index (χ1) is 9.08. The van der Waals surface area contributed by atoms with E-state index in [1.165, 1.54) is 6.07 Å². The molecule has 2 amide bonds. The van der Waals surface area contributed by atoms with Crippen LogP contribution in [0.2, 0.25) is 0 Å². The number of fused-ring (bicyclic) bond motifs is 1. The highest BCUT2D eigenvalue weighted by Crippen LogP contribution is 2.31. The molecular weight excluding hydrogens is 254 g/mol. The number of nitrogens with one attached hydrogen (secondary N) is 1. The van der Waals surface area contributed by atoms with Gasteiger partial charge in [-0.3, -0.25) is 0 Å². The van der Waals surface area contributed by atoms with Crippen molar-refractivity contribution in [3.05, 3.63) is 23.8 Å². The zero-order valence-corrected chi connectivity index (χ0v) is 10.2. The summed E-state index contributed by atoms with van der Waals surface area (Å²) < 4.78 is 27.2. The number of halogens is 2. The standard InChI is InChI=1S/C12H14F2N4O/c13-8-1-2-9(15)11(10(8)14)17-3-4-18-7(6-17)5-16-12(18)19/h1-2,7H,3-6,15H2,(H,16,19). The van der Waals surface area contributed by atoms with Gasteiger partial charge in [-0.1, -0.05) is 0 Å². The molecule has 2 aliphatic heterocycles. The maximum Gasteiger partial charge on any atom is 0.317 e. The van der Waals surface area contributed by atoms with Gasteiger partial charge in [0, 0.05) is 26.2 Å². The summed E-state index contributed by atoms with van der Waals surface area (Å²) in [7, 11) is 0. The molecule has 1 aromatic rings. The van der Waals surface area contributed by atoms with Crippen molar-refractivity contribution in [3.8, 4) is 0 Å². The second kappa shape index (κ2) is 4.25. The van der Waals surface area contributed by atoms with Gasteiger partial charge in [-0.2, -0.15) is 0 Å². The number of rotatable bonds is 1. The number of carbonyl (C=O) groups is 1. The summed E-state index contributed by atoms with van der Waals surface area (Å²) in [6.45, 7) is 1.88. The molecule has 1 unspecified atom stereocenters. The summed E-state index contributed by atoms with van der Waals surface area (Å²) in [5, 5.41) is 2.74. The number of nitrogen functional groups attached to an aromatic ring is 1. The Hall–Kier alpha value is -2.05. The Kier molecular flexibility index (Phi) is 2.69. The number of nitrogens with zero attached hydrogens (tertiary/aromatic N) is 2. The largest absolute Gasteiger partial charge is 0.397 e. The third-order valence-electron chi connectivity index (χ3n) is 3.65. The molecule has 0 bridgehead atoms. The van der Waals surface area contributed by atoms with Crippen LogP contribution in [0.25, 0.3) is 0 Å². The lowest BCUT2D eigenvalue weighted by molar-refractivity contribution is 0.197. The number of carbonyl (C=O) groups excluding carboxylic acids is 1. The van der Waals surface area contributed by atoms with Gasteiger partial charge in [-0.05, 0) is 12.1 Å². The Morgan fingerprint density at radius 3 is 2.89 bits per heavy atom. The monoisotopic (exact) mass is 268 g/mol. The van der Waals surface area contributed by atoms with Gasteiger partial charge in [0.05, 0.1) is 17.4 Å². The van der Waals surface area contributed by atoms with Gasteiger partial charge in [0.2, 0.25) is 0 Å². The first kappa shape index (κ1) is 12.0. The Morgan fingerprint density at radius 2 is 2.11 bits per heavy atom. The SMILES string of the molecule is Nc1ccc(F)c(F)c1N1CCN2C(=O)NCC2C1. The van der Waals surface area contributed by atoms with E-state index in [-0.39, 0.29) is 23.4 Å². The van der Waals surface area contributed by atoms with E-state index in [0.29, 0.717) is 26.2 Å². The first-order valence-electron chi connectivity index (χ1n) is 6.11. The maximum absolute atomic E-state index is 13.9. The van der Waals surface area contributed by atoms with Crippen LogP contribution in [0, 0.1) is 11.6 Å². The fourth-order valence-corrected chi connectivity index (χ4v) is 2.68. The van der Waals surface area contributed by atoms with Crippen LogP contribution in [-0.2, 0) is 0 Å². The molecule has 2 fully saturated rings. The van der Waals surface area contributed by atoms with E-state index in [2.05, 4.69) is 5.32 Å². The van der Waals surface area contributed by atoms with E-state index >= 15 is 0 Å². The van der Waals surface area contributed by atoms with Crippen LogP contribution in [-0.4, -0.2) is 43.2 Å². The average Bonchev–Trinajstić information content (AvgIpc) is 2.76. The third-order valence-corrected chi connectivity index (χ3v) is 3.65. The van der Waals surface area contributed by atoms with Crippen molar-refractivity contribution in [2.75, 3.05) is 36.8 Å². The van der Waals surface area contributed by atoms with Gasteiger partial charge < -0.3 is 20.9 Å². The van der Waals surface area contributed by atoms with Crippen molar-refractivity contribution in [1.29, 1.82) is 0 Å². The molecule has 7 heteroatoms. The van der Waals surface area contributed by atoms with E-state index in [1.54, 1.807) is 9.80 Å². The Balaban J connectivity index is 1.89. The second-order valence-electron chi connectivity index (χ2n) is 4.78. The number of urea groups is 1. The molecule has 2 saturated heterocycles. The van der Waals surface area contributed by atoms with E-state index in [0.717, 1.165) is 6.07 Å². The van der Waals surface area contributed by atoms with Crippen LogP contribution < -0.4 is 16.0 Å². The molecule has 1 aromatic carbocycles. The highest BCUT2D eigenvalue weighted by atomic mass is 19.2. The molecule has 0 radical (unpaired) electrons. The number of amides is 2. The molecule has 1 atom stereocenters.